The molecule has 0 saturated heterocycles. The Balaban J connectivity index is 2.60. The second-order valence-corrected chi connectivity index (χ2v) is 3.64. The molecule has 0 saturated carbocycles. The molecule has 0 aromatic carbocycles. The van der Waals surface area contributed by atoms with Gasteiger partial charge in [0.25, 0.3) is 0 Å². The predicted molar refractivity (Wildman–Crippen MR) is 50.1 cm³/mol. The fourth-order valence-corrected chi connectivity index (χ4v) is 1.43. The Labute approximate surface area is 84.2 Å². The zero-order chi connectivity index (χ0) is 11.1. The quantitative estimate of drug-likeness (QED) is 0.650. The van der Waals surface area contributed by atoms with Crippen LogP contribution >= 0.6 is 0 Å². The van der Waals surface area contributed by atoms with Crippen LogP contribution in [-0.2, 0) is 10.4 Å². The summed E-state index contributed by atoms with van der Waals surface area (Å²) >= 11 is 0. The van der Waals surface area contributed by atoms with Crippen molar-refractivity contribution < 1.29 is 17.3 Å². The van der Waals surface area contributed by atoms with Crippen molar-refractivity contribution in [3.8, 4) is 0 Å². The van der Waals surface area contributed by atoms with E-state index in [1.807, 2.05) is 0 Å². The zero-order valence-electron chi connectivity index (χ0n) is 7.23. The summed E-state index contributed by atoms with van der Waals surface area (Å²) in [6.45, 7) is 0. The zero-order valence-corrected chi connectivity index (χ0v) is 8.05. The summed E-state index contributed by atoms with van der Waals surface area (Å²) in [5, 5.41) is 0.432. The third-order valence-corrected chi connectivity index (χ3v) is 2.00. The Morgan fingerprint density at radius 3 is 2.87 bits per heavy atom. The Morgan fingerprint density at radius 1 is 1.47 bits per heavy atom. The van der Waals surface area contributed by atoms with E-state index in [1.54, 1.807) is 0 Å². The first kappa shape index (κ1) is 9.68. The van der Waals surface area contributed by atoms with Crippen molar-refractivity contribution in [2.24, 2.45) is 0 Å². The van der Waals surface area contributed by atoms with E-state index < -0.39 is 10.4 Å². The van der Waals surface area contributed by atoms with E-state index in [0.29, 0.717) is 5.39 Å². The van der Waals surface area contributed by atoms with E-state index in [1.165, 1.54) is 12.3 Å². The number of nitrogens with two attached hydrogens (primary N) is 1. The molecule has 0 radical (unpaired) electrons. The molecule has 3 N–H and O–H groups in total. The lowest BCUT2D eigenvalue weighted by molar-refractivity contribution is 0.249. The van der Waals surface area contributed by atoms with E-state index in [9.17, 15) is 8.42 Å². The SMILES string of the molecule is Nc1ncnc2c1ccn2OS(=O)(=O)O. The summed E-state index contributed by atoms with van der Waals surface area (Å²) in [6.07, 6.45) is 2.41. The smallest absolute Gasteiger partial charge is 0.383 e. The van der Waals surface area contributed by atoms with Gasteiger partial charge in [-0.2, -0.15) is 13.1 Å². The molecule has 0 aliphatic rings. The van der Waals surface area contributed by atoms with Crippen LogP contribution in [0, 0.1) is 0 Å². The maximum absolute atomic E-state index is 10.5. The van der Waals surface area contributed by atoms with Crippen LogP contribution in [-0.4, -0.2) is 27.7 Å². The van der Waals surface area contributed by atoms with Gasteiger partial charge in [-0.25, -0.2) is 9.97 Å². The number of aromatic nitrogens is 3. The standard InChI is InChI=1S/C6H6N4O4S/c7-5-4-1-2-10(14-15(11,12)13)6(4)9-3-8-5/h1-3H,(H2,7,8,9)(H,11,12,13). The molecular formula is C6H6N4O4S. The normalized spacial score (nSPS) is 11.8. The van der Waals surface area contributed by atoms with Crippen molar-refractivity contribution in [1.29, 1.82) is 0 Å². The molecule has 2 heterocycles. The number of hydrogen-bond donors (Lipinski definition) is 2. The molecule has 0 unspecified atom stereocenters. The molecule has 0 aliphatic carbocycles. The summed E-state index contributed by atoms with van der Waals surface area (Å²) < 4.78 is 34.4. The first-order valence-corrected chi connectivity index (χ1v) is 5.09. The molecule has 0 amide bonds. The molecule has 15 heavy (non-hydrogen) atoms. The first-order chi connectivity index (χ1) is 6.97. The maximum Gasteiger partial charge on any atom is 0.465 e. The molecule has 2 rings (SSSR count). The molecule has 0 spiro atoms. The Kier molecular flexibility index (Phi) is 1.98. The van der Waals surface area contributed by atoms with Crippen LogP contribution in [0.15, 0.2) is 18.6 Å². The van der Waals surface area contributed by atoms with Crippen LogP contribution in [0.25, 0.3) is 11.0 Å². The molecule has 80 valence electrons. The highest BCUT2D eigenvalue weighted by atomic mass is 32.3. The monoisotopic (exact) mass is 230 g/mol. The largest absolute Gasteiger partial charge is 0.465 e. The second-order valence-electron chi connectivity index (χ2n) is 2.64. The summed E-state index contributed by atoms with van der Waals surface area (Å²) in [5.74, 6) is 0.192. The molecule has 0 fully saturated rings. The Morgan fingerprint density at radius 2 is 2.20 bits per heavy atom. The molecule has 2 aromatic heterocycles. The third-order valence-electron chi connectivity index (χ3n) is 1.65. The number of nitrogen functional groups attached to an aromatic ring is 1. The van der Waals surface area contributed by atoms with E-state index in [2.05, 4.69) is 14.3 Å². The van der Waals surface area contributed by atoms with E-state index >= 15 is 0 Å². The summed E-state index contributed by atoms with van der Waals surface area (Å²) in [7, 11) is -4.59. The van der Waals surface area contributed by atoms with Crippen LogP contribution in [0.5, 0.6) is 0 Å². The van der Waals surface area contributed by atoms with Crippen molar-refractivity contribution in [3.63, 3.8) is 0 Å². The minimum atomic E-state index is -4.59. The average Bonchev–Trinajstić information content (AvgIpc) is 2.48. The minimum Gasteiger partial charge on any atom is -0.383 e. The lowest BCUT2D eigenvalue weighted by Crippen LogP contribution is -2.18. The number of anilines is 1. The van der Waals surface area contributed by atoms with E-state index in [4.69, 9.17) is 10.3 Å². The average molecular weight is 230 g/mol. The van der Waals surface area contributed by atoms with Crippen LogP contribution in [0.3, 0.4) is 0 Å². The van der Waals surface area contributed by atoms with Gasteiger partial charge in [-0.1, -0.05) is 0 Å². The third kappa shape index (κ3) is 1.82. The van der Waals surface area contributed by atoms with Gasteiger partial charge in [-0.15, -0.1) is 0 Å². The highest BCUT2D eigenvalue weighted by Gasteiger charge is 2.11. The van der Waals surface area contributed by atoms with Gasteiger partial charge in [0, 0.05) is 6.20 Å². The molecule has 8 nitrogen and oxygen atoms in total. The number of hydrogen-bond acceptors (Lipinski definition) is 6. The topological polar surface area (TPSA) is 120 Å². The van der Waals surface area contributed by atoms with Gasteiger partial charge in [0.1, 0.15) is 12.1 Å². The molecule has 2 aromatic rings. The van der Waals surface area contributed by atoms with Crippen molar-refractivity contribution in [1.82, 2.24) is 14.7 Å². The van der Waals surface area contributed by atoms with Crippen molar-refractivity contribution >= 4 is 27.3 Å². The number of nitrogens with zero attached hydrogens (tertiary/aromatic N) is 3. The fraction of sp³-hybridized carbons (Fsp3) is 0. The van der Waals surface area contributed by atoms with Gasteiger partial charge in [0.05, 0.1) is 5.39 Å². The van der Waals surface area contributed by atoms with Gasteiger partial charge >= 0.3 is 10.4 Å². The van der Waals surface area contributed by atoms with Crippen LogP contribution in [0.1, 0.15) is 0 Å². The van der Waals surface area contributed by atoms with Crippen LogP contribution in [0.2, 0.25) is 0 Å². The molecule has 0 aliphatic heterocycles. The van der Waals surface area contributed by atoms with Crippen molar-refractivity contribution in [2.45, 2.75) is 0 Å². The lowest BCUT2D eigenvalue weighted by atomic mass is 10.4. The second kappa shape index (κ2) is 3.07. The van der Waals surface area contributed by atoms with Gasteiger partial charge in [-0.05, 0) is 6.07 Å². The highest BCUT2D eigenvalue weighted by Crippen LogP contribution is 2.16. The first-order valence-electron chi connectivity index (χ1n) is 3.72. The predicted octanol–water partition coefficient (Wildman–Crippen LogP) is -0.755. The Hall–Kier alpha value is -1.87. The molecule has 0 bridgehead atoms. The van der Waals surface area contributed by atoms with Gasteiger partial charge in [-0.3, -0.25) is 8.84 Å². The van der Waals surface area contributed by atoms with E-state index in [-0.39, 0.29) is 11.5 Å². The van der Waals surface area contributed by atoms with Gasteiger partial charge in [0.15, 0.2) is 5.65 Å². The number of rotatable bonds is 2. The highest BCUT2D eigenvalue weighted by molar-refractivity contribution is 7.81. The molecule has 9 heteroatoms. The van der Waals surface area contributed by atoms with Crippen molar-refractivity contribution in [3.05, 3.63) is 18.6 Å². The van der Waals surface area contributed by atoms with Gasteiger partial charge in [0.2, 0.25) is 0 Å². The van der Waals surface area contributed by atoms with Crippen LogP contribution < -0.4 is 10.0 Å². The van der Waals surface area contributed by atoms with Crippen molar-refractivity contribution in [2.75, 3.05) is 5.73 Å². The molecular weight excluding hydrogens is 224 g/mol. The van der Waals surface area contributed by atoms with E-state index in [0.717, 1.165) is 11.1 Å². The molecule has 0 atom stereocenters. The summed E-state index contributed by atoms with van der Waals surface area (Å²) in [6, 6.07) is 1.47. The van der Waals surface area contributed by atoms with Crippen LogP contribution in [0.4, 0.5) is 5.82 Å². The Bertz CT molecular complexity index is 605. The lowest BCUT2D eigenvalue weighted by Gasteiger charge is -2.02. The maximum atomic E-state index is 10.5. The summed E-state index contributed by atoms with van der Waals surface area (Å²) in [4.78, 5) is 7.46. The minimum absolute atomic E-state index is 0.153. The summed E-state index contributed by atoms with van der Waals surface area (Å²) in [5.41, 5.74) is 5.65. The fourth-order valence-electron chi connectivity index (χ4n) is 1.11. The number of fused-ring (bicyclic) bond motifs is 1. The van der Waals surface area contributed by atoms with Gasteiger partial charge < -0.3 is 5.73 Å².